The highest BCUT2D eigenvalue weighted by atomic mass is 19.4. The second kappa shape index (κ2) is 3.89. The lowest BCUT2D eigenvalue weighted by Crippen LogP contribution is -2.53. The van der Waals surface area contributed by atoms with E-state index in [0.29, 0.717) is 19.3 Å². The average molecular weight is 251 g/mol. The molecule has 0 spiro atoms. The minimum Gasteiger partial charge on any atom is -0.481 e. The van der Waals surface area contributed by atoms with E-state index >= 15 is 0 Å². The first-order chi connectivity index (χ1) is 7.79. The molecule has 2 fully saturated rings. The van der Waals surface area contributed by atoms with Crippen LogP contribution in [0.3, 0.4) is 0 Å². The Kier molecular flexibility index (Phi) is 2.79. The zero-order chi connectivity index (χ0) is 12.8. The van der Waals surface area contributed by atoms with Crippen molar-refractivity contribution in [3.8, 4) is 0 Å². The Hall–Kier alpha value is -1.27. The monoisotopic (exact) mass is 251 g/mol. The van der Waals surface area contributed by atoms with Gasteiger partial charge in [0, 0.05) is 6.04 Å². The number of aliphatic carboxylic acids is 1. The van der Waals surface area contributed by atoms with Gasteiger partial charge in [0.1, 0.15) is 0 Å². The number of nitrogens with one attached hydrogen (secondary N) is 1. The summed E-state index contributed by atoms with van der Waals surface area (Å²) in [5, 5.41) is 10.7. The number of carboxylic acids is 1. The molecule has 0 heterocycles. The second-order valence-corrected chi connectivity index (χ2v) is 4.74. The minimum atomic E-state index is -4.87. The van der Waals surface area contributed by atoms with E-state index in [4.69, 9.17) is 5.11 Å². The zero-order valence-electron chi connectivity index (χ0n) is 8.83. The summed E-state index contributed by atoms with van der Waals surface area (Å²) >= 11 is 0. The Morgan fingerprint density at radius 2 is 1.82 bits per heavy atom. The zero-order valence-corrected chi connectivity index (χ0v) is 8.83. The summed E-state index contributed by atoms with van der Waals surface area (Å²) in [4.78, 5) is 21.5. The van der Waals surface area contributed by atoms with E-state index in [1.54, 1.807) is 0 Å². The quantitative estimate of drug-likeness (QED) is 0.774. The molecule has 2 aliphatic carbocycles. The van der Waals surface area contributed by atoms with Crippen molar-refractivity contribution in [2.24, 2.45) is 17.8 Å². The van der Waals surface area contributed by atoms with Gasteiger partial charge in [-0.2, -0.15) is 13.2 Å². The molecule has 0 aliphatic heterocycles. The third-order valence-electron chi connectivity index (χ3n) is 3.75. The number of hydrogen-bond acceptors (Lipinski definition) is 2. The van der Waals surface area contributed by atoms with Crippen molar-refractivity contribution < 1.29 is 27.9 Å². The normalized spacial score (nSPS) is 35.9. The van der Waals surface area contributed by atoms with Crippen molar-refractivity contribution in [2.45, 2.75) is 31.5 Å². The van der Waals surface area contributed by atoms with E-state index in [2.05, 4.69) is 0 Å². The maximum atomic E-state index is 12.0. The van der Waals surface area contributed by atoms with Crippen LogP contribution in [0.1, 0.15) is 19.3 Å². The molecule has 1 unspecified atom stereocenters. The molecule has 2 rings (SSSR count). The van der Waals surface area contributed by atoms with Gasteiger partial charge in [0.25, 0.3) is 0 Å². The number of carbonyl (C=O) groups excluding carboxylic acids is 1. The van der Waals surface area contributed by atoms with Crippen LogP contribution in [0.4, 0.5) is 13.2 Å². The lowest BCUT2D eigenvalue weighted by Gasteiger charge is -2.40. The Balaban J connectivity index is 1.88. The standard InChI is InChI=1S/C10H12F3NO3/c11-10(12,13)9(17)14-7-3-4-1-5(8(15)16)2-6(4)7/h4-7H,1-3H2,(H,14,17)(H,15,16)/t4-,5?,6-,7-/m1/s1. The topological polar surface area (TPSA) is 66.4 Å². The van der Waals surface area contributed by atoms with Gasteiger partial charge in [0.2, 0.25) is 0 Å². The summed E-state index contributed by atoms with van der Waals surface area (Å²) in [6, 6.07) is -0.515. The van der Waals surface area contributed by atoms with Gasteiger partial charge in [-0.1, -0.05) is 0 Å². The molecule has 4 nitrogen and oxygen atoms in total. The number of carboxylic acid groups (broad SMARTS) is 1. The lowest BCUT2D eigenvalue weighted by atomic mass is 9.71. The third-order valence-corrected chi connectivity index (χ3v) is 3.75. The molecular formula is C10H12F3NO3. The predicted molar refractivity (Wildman–Crippen MR) is 49.9 cm³/mol. The molecule has 0 radical (unpaired) electrons. The van der Waals surface area contributed by atoms with Crippen LogP contribution in [0.15, 0.2) is 0 Å². The van der Waals surface area contributed by atoms with Gasteiger partial charge < -0.3 is 10.4 Å². The van der Waals surface area contributed by atoms with Crippen LogP contribution in [0, 0.1) is 17.8 Å². The van der Waals surface area contributed by atoms with Crippen LogP contribution >= 0.6 is 0 Å². The number of carbonyl (C=O) groups is 2. The van der Waals surface area contributed by atoms with Crippen LogP contribution in [-0.2, 0) is 9.59 Å². The molecule has 96 valence electrons. The second-order valence-electron chi connectivity index (χ2n) is 4.74. The largest absolute Gasteiger partial charge is 0.481 e. The van der Waals surface area contributed by atoms with E-state index in [0.717, 1.165) is 0 Å². The number of alkyl halides is 3. The van der Waals surface area contributed by atoms with Crippen molar-refractivity contribution in [3.63, 3.8) is 0 Å². The summed E-state index contributed by atoms with van der Waals surface area (Å²) in [6.45, 7) is 0. The first kappa shape index (κ1) is 12.2. The van der Waals surface area contributed by atoms with Crippen molar-refractivity contribution in [1.29, 1.82) is 0 Å². The SMILES string of the molecule is O=C(O)C1C[C@@H]2C[C@@H](NC(=O)C(F)(F)F)[C@@H]2C1. The van der Waals surface area contributed by atoms with E-state index in [1.807, 2.05) is 5.32 Å². The average Bonchev–Trinajstić information content (AvgIpc) is 2.50. The van der Waals surface area contributed by atoms with Crippen molar-refractivity contribution in [2.75, 3.05) is 0 Å². The molecule has 7 heteroatoms. The van der Waals surface area contributed by atoms with Crippen molar-refractivity contribution >= 4 is 11.9 Å². The van der Waals surface area contributed by atoms with Crippen LogP contribution < -0.4 is 5.32 Å². The molecule has 4 atom stereocenters. The maximum Gasteiger partial charge on any atom is 0.471 e. The molecule has 2 aliphatic rings. The van der Waals surface area contributed by atoms with Gasteiger partial charge in [-0.25, -0.2) is 0 Å². The fourth-order valence-corrected chi connectivity index (χ4v) is 2.84. The van der Waals surface area contributed by atoms with E-state index in [9.17, 15) is 22.8 Å². The Labute approximate surface area is 95.2 Å². The van der Waals surface area contributed by atoms with Gasteiger partial charge >= 0.3 is 18.1 Å². The predicted octanol–water partition coefficient (Wildman–Crippen LogP) is 1.16. The van der Waals surface area contributed by atoms with Gasteiger partial charge in [-0.3, -0.25) is 9.59 Å². The smallest absolute Gasteiger partial charge is 0.471 e. The number of halogens is 3. The van der Waals surface area contributed by atoms with Crippen LogP contribution in [0.25, 0.3) is 0 Å². The lowest BCUT2D eigenvalue weighted by molar-refractivity contribution is -0.175. The summed E-state index contributed by atoms with van der Waals surface area (Å²) in [5.41, 5.74) is 0. The fourth-order valence-electron chi connectivity index (χ4n) is 2.84. The highest BCUT2D eigenvalue weighted by Gasteiger charge is 2.52. The molecule has 2 saturated carbocycles. The first-order valence-corrected chi connectivity index (χ1v) is 5.39. The van der Waals surface area contributed by atoms with Crippen LogP contribution in [0.2, 0.25) is 0 Å². The Morgan fingerprint density at radius 3 is 2.35 bits per heavy atom. The van der Waals surface area contributed by atoms with Gasteiger partial charge in [-0.05, 0) is 31.1 Å². The maximum absolute atomic E-state index is 12.0. The van der Waals surface area contributed by atoms with Crippen molar-refractivity contribution in [1.82, 2.24) is 5.32 Å². The molecule has 17 heavy (non-hydrogen) atoms. The Bertz CT molecular complexity index is 355. The molecule has 0 aromatic carbocycles. The van der Waals surface area contributed by atoms with E-state index < -0.39 is 30.0 Å². The third kappa shape index (κ3) is 2.23. The molecule has 0 aromatic rings. The molecular weight excluding hydrogens is 239 g/mol. The highest BCUT2D eigenvalue weighted by Crippen LogP contribution is 2.49. The summed E-state index contributed by atoms with van der Waals surface area (Å²) in [5.74, 6) is -3.27. The number of rotatable bonds is 2. The van der Waals surface area contributed by atoms with E-state index in [1.165, 1.54) is 0 Å². The number of amides is 1. The molecule has 2 N–H and O–H groups in total. The fraction of sp³-hybridized carbons (Fsp3) is 0.800. The van der Waals surface area contributed by atoms with Crippen molar-refractivity contribution in [3.05, 3.63) is 0 Å². The molecule has 1 amide bonds. The number of hydrogen-bond donors (Lipinski definition) is 2. The minimum absolute atomic E-state index is 0.109. The highest BCUT2D eigenvalue weighted by molar-refractivity contribution is 5.82. The first-order valence-electron chi connectivity index (χ1n) is 5.39. The molecule has 0 saturated heterocycles. The van der Waals surface area contributed by atoms with Crippen LogP contribution in [0.5, 0.6) is 0 Å². The summed E-state index contributed by atoms with van der Waals surface area (Å²) in [7, 11) is 0. The van der Waals surface area contributed by atoms with E-state index in [-0.39, 0.29) is 11.8 Å². The number of fused-ring (bicyclic) bond motifs is 1. The van der Waals surface area contributed by atoms with Crippen LogP contribution in [-0.4, -0.2) is 29.2 Å². The van der Waals surface area contributed by atoms with Gasteiger partial charge in [-0.15, -0.1) is 0 Å². The summed E-state index contributed by atoms with van der Waals surface area (Å²) < 4.78 is 36.0. The van der Waals surface area contributed by atoms with Gasteiger partial charge in [0.15, 0.2) is 0 Å². The molecule has 0 aromatic heterocycles. The molecule has 0 bridgehead atoms. The Morgan fingerprint density at radius 1 is 1.18 bits per heavy atom. The summed E-state index contributed by atoms with van der Waals surface area (Å²) in [6.07, 6.45) is -3.53. The van der Waals surface area contributed by atoms with Gasteiger partial charge in [0.05, 0.1) is 5.92 Å².